The van der Waals surface area contributed by atoms with Crippen molar-refractivity contribution in [1.82, 2.24) is 4.90 Å². The molecule has 30 heavy (non-hydrogen) atoms. The largest absolute Gasteiger partial charge is 0.378 e. The Bertz CT molecular complexity index is 919. The number of hydrogen-bond donors (Lipinski definition) is 1. The van der Waals surface area contributed by atoms with Gasteiger partial charge in [-0.1, -0.05) is 18.2 Å². The van der Waals surface area contributed by atoms with Gasteiger partial charge in [0.15, 0.2) is 0 Å². The fourth-order valence-corrected chi connectivity index (χ4v) is 4.68. The van der Waals surface area contributed by atoms with Gasteiger partial charge in [0.2, 0.25) is 11.8 Å². The molecule has 4 rings (SSSR count). The Hall–Kier alpha value is -3.02. The van der Waals surface area contributed by atoms with Gasteiger partial charge in [0, 0.05) is 63.1 Å². The fourth-order valence-electron chi connectivity index (χ4n) is 4.68. The maximum atomic E-state index is 12.2. The van der Waals surface area contributed by atoms with Crippen LogP contribution in [0.1, 0.15) is 38.8 Å². The number of para-hydroxylation sites is 1. The highest BCUT2D eigenvalue weighted by molar-refractivity contribution is 5.93. The van der Waals surface area contributed by atoms with Crippen LogP contribution in [0.2, 0.25) is 0 Å². The first-order valence-electron chi connectivity index (χ1n) is 10.7. The molecule has 0 spiro atoms. The molecule has 0 aromatic heterocycles. The predicted octanol–water partition coefficient (Wildman–Crippen LogP) is 3.65. The van der Waals surface area contributed by atoms with Gasteiger partial charge >= 0.3 is 0 Å². The summed E-state index contributed by atoms with van der Waals surface area (Å²) in [6, 6.07) is 17.0. The van der Waals surface area contributed by atoms with Gasteiger partial charge in [-0.05, 0) is 49.2 Å². The lowest BCUT2D eigenvalue weighted by Crippen LogP contribution is -2.48. The van der Waals surface area contributed by atoms with Crippen molar-refractivity contribution in [3.63, 3.8) is 0 Å². The molecule has 0 unspecified atom stereocenters. The van der Waals surface area contributed by atoms with E-state index in [4.69, 9.17) is 0 Å². The molecule has 0 bridgehead atoms. The van der Waals surface area contributed by atoms with E-state index in [1.165, 1.54) is 5.69 Å². The lowest BCUT2D eigenvalue weighted by molar-refractivity contribution is -0.129. The molecule has 2 aromatic rings. The van der Waals surface area contributed by atoms with Crippen LogP contribution in [0, 0.1) is 0 Å². The molecule has 158 valence electrons. The summed E-state index contributed by atoms with van der Waals surface area (Å²) in [4.78, 5) is 29.8. The predicted molar refractivity (Wildman–Crippen MR) is 121 cm³/mol. The van der Waals surface area contributed by atoms with Gasteiger partial charge in [0.25, 0.3) is 0 Å². The van der Waals surface area contributed by atoms with Gasteiger partial charge in [0.1, 0.15) is 0 Å². The average Bonchev–Trinajstić information content (AvgIpc) is 2.74. The number of nitrogens with zero attached hydrogens (tertiary/aromatic N) is 3. The van der Waals surface area contributed by atoms with Crippen molar-refractivity contribution in [3.8, 4) is 0 Å². The molecule has 1 N–H and O–H groups in total. The number of carbonyl (C=O) groups excluding carboxylic acids is 2. The van der Waals surface area contributed by atoms with Crippen LogP contribution in [0.4, 0.5) is 17.1 Å². The summed E-state index contributed by atoms with van der Waals surface area (Å²) in [6.07, 6.45) is 0.866. The maximum absolute atomic E-state index is 12.2. The first-order valence-corrected chi connectivity index (χ1v) is 10.7. The van der Waals surface area contributed by atoms with E-state index in [0.29, 0.717) is 0 Å². The van der Waals surface area contributed by atoms with Crippen LogP contribution in [0.25, 0.3) is 0 Å². The molecule has 0 aliphatic carbocycles. The van der Waals surface area contributed by atoms with Crippen molar-refractivity contribution in [1.29, 1.82) is 0 Å². The second-order valence-electron chi connectivity index (χ2n) is 8.27. The maximum Gasteiger partial charge on any atom is 0.224 e. The summed E-state index contributed by atoms with van der Waals surface area (Å²) in [5, 5.41) is 3.67. The number of carbonyl (C=O) groups is 2. The molecule has 1 fully saturated rings. The van der Waals surface area contributed by atoms with Crippen molar-refractivity contribution in [2.45, 2.75) is 39.3 Å². The van der Waals surface area contributed by atoms with Crippen molar-refractivity contribution < 1.29 is 9.59 Å². The van der Waals surface area contributed by atoms with E-state index in [9.17, 15) is 9.59 Å². The monoisotopic (exact) mass is 406 g/mol. The molecule has 6 heteroatoms. The zero-order valence-electron chi connectivity index (χ0n) is 18.0. The topological polar surface area (TPSA) is 55.9 Å². The Morgan fingerprint density at radius 2 is 1.57 bits per heavy atom. The highest BCUT2D eigenvalue weighted by Crippen LogP contribution is 2.39. The lowest BCUT2D eigenvalue weighted by atomic mass is 9.91. The Kier molecular flexibility index (Phi) is 5.66. The third-order valence-electron chi connectivity index (χ3n) is 6.23. The van der Waals surface area contributed by atoms with Crippen molar-refractivity contribution in [2.75, 3.05) is 41.3 Å². The molecule has 0 radical (unpaired) electrons. The number of piperazine rings is 1. The average molecular weight is 407 g/mol. The summed E-state index contributed by atoms with van der Waals surface area (Å²) < 4.78 is 0. The van der Waals surface area contributed by atoms with Crippen LogP contribution in [0.15, 0.2) is 48.5 Å². The Balaban J connectivity index is 1.47. The van der Waals surface area contributed by atoms with Crippen LogP contribution < -0.4 is 15.1 Å². The molecule has 2 atom stereocenters. The molecule has 2 aromatic carbocycles. The third kappa shape index (κ3) is 3.99. The molecule has 2 amide bonds. The highest BCUT2D eigenvalue weighted by atomic mass is 16.2. The normalized spacial score (nSPS) is 21.2. The SMILES string of the molecule is CC(=O)N1CCN(c2ccc(N[C@@H]3C[C@H](C)N(C(C)=O)c4ccccc43)cc2)CC1. The van der Waals surface area contributed by atoms with Gasteiger partial charge < -0.3 is 20.0 Å². The summed E-state index contributed by atoms with van der Waals surface area (Å²) in [5.41, 5.74) is 4.42. The van der Waals surface area contributed by atoms with Crippen LogP contribution in [-0.4, -0.2) is 48.9 Å². The van der Waals surface area contributed by atoms with E-state index >= 15 is 0 Å². The molecule has 2 aliphatic rings. The smallest absolute Gasteiger partial charge is 0.224 e. The Labute approximate surface area is 178 Å². The quantitative estimate of drug-likeness (QED) is 0.845. The second kappa shape index (κ2) is 8.38. The molecule has 2 aliphatic heterocycles. The summed E-state index contributed by atoms with van der Waals surface area (Å²) in [6.45, 7) is 8.65. The van der Waals surface area contributed by atoms with Gasteiger partial charge in [-0.15, -0.1) is 0 Å². The number of benzene rings is 2. The van der Waals surface area contributed by atoms with Crippen LogP contribution in [0.3, 0.4) is 0 Å². The van der Waals surface area contributed by atoms with E-state index in [0.717, 1.165) is 49.5 Å². The minimum absolute atomic E-state index is 0.0858. The van der Waals surface area contributed by atoms with Crippen molar-refractivity contribution >= 4 is 28.9 Å². The zero-order chi connectivity index (χ0) is 21.3. The van der Waals surface area contributed by atoms with E-state index in [-0.39, 0.29) is 23.9 Å². The standard InChI is InChI=1S/C24H30N4O2/c1-17-16-23(22-6-4-5-7-24(22)28(17)19(3)30)25-20-8-10-21(11-9-20)27-14-12-26(13-15-27)18(2)29/h4-11,17,23,25H,12-16H2,1-3H3/t17-,23+/m0/s1. The molecule has 0 saturated carbocycles. The van der Waals surface area contributed by atoms with Gasteiger partial charge in [0.05, 0.1) is 6.04 Å². The third-order valence-corrected chi connectivity index (χ3v) is 6.23. The summed E-state index contributed by atoms with van der Waals surface area (Å²) in [7, 11) is 0. The van der Waals surface area contributed by atoms with E-state index in [2.05, 4.69) is 47.5 Å². The minimum atomic E-state index is 0.0858. The summed E-state index contributed by atoms with van der Waals surface area (Å²) in [5.74, 6) is 0.238. The zero-order valence-corrected chi connectivity index (χ0v) is 18.0. The molecule has 6 nitrogen and oxygen atoms in total. The number of rotatable bonds is 3. The minimum Gasteiger partial charge on any atom is -0.378 e. The molecule has 1 saturated heterocycles. The van der Waals surface area contributed by atoms with E-state index in [1.54, 1.807) is 13.8 Å². The number of fused-ring (bicyclic) bond motifs is 1. The van der Waals surface area contributed by atoms with Crippen molar-refractivity contribution in [3.05, 3.63) is 54.1 Å². The van der Waals surface area contributed by atoms with Gasteiger partial charge in [-0.3, -0.25) is 9.59 Å². The molecule has 2 heterocycles. The Morgan fingerprint density at radius 1 is 0.900 bits per heavy atom. The number of amides is 2. The van der Waals surface area contributed by atoms with Crippen LogP contribution >= 0.6 is 0 Å². The Morgan fingerprint density at radius 3 is 2.20 bits per heavy atom. The van der Waals surface area contributed by atoms with Crippen LogP contribution in [0.5, 0.6) is 0 Å². The number of hydrogen-bond acceptors (Lipinski definition) is 4. The highest BCUT2D eigenvalue weighted by Gasteiger charge is 2.32. The van der Waals surface area contributed by atoms with E-state index < -0.39 is 0 Å². The van der Waals surface area contributed by atoms with Gasteiger partial charge in [-0.25, -0.2) is 0 Å². The second-order valence-corrected chi connectivity index (χ2v) is 8.27. The molecular formula is C24H30N4O2. The number of nitrogens with one attached hydrogen (secondary N) is 1. The summed E-state index contributed by atoms with van der Waals surface area (Å²) >= 11 is 0. The van der Waals surface area contributed by atoms with Gasteiger partial charge in [-0.2, -0.15) is 0 Å². The van der Waals surface area contributed by atoms with E-state index in [1.807, 2.05) is 28.0 Å². The number of anilines is 3. The fraction of sp³-hybridized carbons (Fsp3) is 0.417. The van der Waals surface area contributed by atoms with Crippen molar-refractivity contribution in [2.24, 2.45) is 0 Å². The van der Waals surface area contributed by atoms with Crippen LogP contribution in [-0.2, 0) is 9.59 Å². The molecular weight excluding hydrogens is 376 g/mol. The lowest BCUT2D eigenvalue weighted by Gasteiger charge is -2.39. The first-order chi connectivity index (χ1) is 14.4. The first kappa shape index (κ1) is 20.3.